The van der Waals surface area contributed by atoms with Gasteiger partial charge in [-0.2, -0.15) is 0 Å². The zero-order chi connectivity index (χ0) is 24.9. The molecule has 1 atom stereocenters. The van der Waals surface area contributed by atoms with Crippen LogP contribution in [-0.4, -0.2) is 65.3 Å². The molecule has 11 nitrogen and oxygen atoms in total. The molecular weight excluding hydrogens is 475 g/mol. The minimum Gasteiger partial charge on any atom is -0.458 e. The highest BCUT2D eigenvalue weighted by atomic mass is 31.2. The summed E-state index contributed by atoms with van der Waals surface area (Å²) in [6.45, 7) is 4.67. The fraction of sp³-hybridized carbons (Fsp3) is 0.348. The Morgan fingerprint density at radius 2 is 1.83 bits per heavy atom. The number of nitrogens with zero attached hydrogens (tertiary/aromatic N) is 4. The summed E-state index contributed by atoms with van der Waals surface area (Å²) in [5.41, 5.74) is 0.407. The lowest BCUT2D eigenvalue weighted by molar-refractivity contribution is -0.385. The number of hydrogen-bond acceptors (Lipinski definition) is 7. The lowest BCUT2D eigenvalue weighted by Gasteiger charge is -2.22. The van der Waals surface area contributed by atoms with Gasteiger partial charge in [-0.15, -0.1) is 0 Å². The average Bonchev–Trinajstić information content (AvgIpc) is 3.73. The Kier molecular flexibility index (Phi) is 5.88. The van der Waals surface area contributed by atoms with Gasteiger partial charge >= 0.3 is 13.4 Å². The molecule has 35 heavy (non-hydrogen) atoms. The van der Waals surface area contributed by atoms with Crippen LogP contribution in [0.1, 0.15) is 29.1 Å². The van der Waals surface area contributed by atoms with Crippen molar-refractivity contribution in [3.8, 4) is 11.5 Å². The molecule has 12 heteroatoms. The Balaban J connectivity index is 1.44. The first-order valence-corrected chi connectivity index (χ1v) is 12.7. The Labute approximate surface area is 201 Å². The third-order valence-electron chi connectivity index (χ3n) is 5.79. The van der Waals surface area contributed by atoms with Crippen molar-refractivity contribution in [3.63, 3.8) is 0 Å². The van der Waals surface area contributed by atoms with E-state index in [0.29, 0.717) is 28.0 Å². The maximum absolute atomic E-state index is 13.3. The lowest BCUT2D eigenvalue weighted by Crippen LogP contribution is -2.21. The first-order chi connectivity index (χ1) is 16.7. The van der Waals surface area contributed by atoms with Gasteiger partial charge in [-0.3, -0.25) is 24.0 Å². The van der Waals surface area contributed by atoms with Crippen LogP contribution in [0.3, 0.4) is 0 Å². The van der Waals surface area contributed by atoms with Crippen molar-refractivity contribution in [3.05, 3.63) is 63.9 Å². The molecular formula is C23H25N4O7P. The third-order valence-corrected chi connectivity index (χ3v) is 8.61. The number of nitro benzene ring substituents is 1. The van der Waals surface area contributed by atoms with Crippen molar-refractivity contribution in [1.82, 2.24) is 14.2 Å². The van der Waals surface area contributed by atoms with Crippen molar-refractivity contribution in [2.45, 2.75) is 13.0 Å². The van der Waals surface area contributed by atoms with Crippen molar-refractivity contribution in [2.24, 2.45) is 0 Å². The highest BCUT2D eigenvalue weighted by molar-refractivity contribution is 7.54. The van der Waals surface area contributed by atoms with Gasteiger partial charge in [0, 0.05) is 51.2 Å². The van der Waals surface area contributed by atoms with Crippen molar-refractivity contribution >= 4 is 30.2 Å². The Morgan fingerprint density at radius 3 is 2.43 bits per heavy atom. The highest BCUT2D eigenvalue weighted by Crippen LogP contribution is 2.63. The monoisotopic (exact) mass is 500 g/mol. The summed E-state index contributed by atoms with van der Waals surface area (Å²) < 4.78 is 34.6. The number of ether oxygens (including phenoxy) is 1. The fourth-order valence-electron chi connectivity index (χ4n) is 3.74. The lowest BCUT2D eigenvalue weighted by atomic mass is 10.2. The van der Waals surface area contributed by atoms with Crippen LogP contribution in [0.5, 0.6) is 11.5 Å². The predicted octanol–water partition coefficient (Wildman–Crippen LogP) is 4.65. The molecule has 0 bridgehead atoms. The predicted molar refractivity (Wildman–Crippen MR) is 128 cm³/mol. The molecule has 3 heterocycles. The second-order valence-corrected chi connectivity index (χ2v) is 11.1. The summed E-state index contributed by atoms with van der Waals surface area (Å²) in [5, 5.41) is 12.3. The number of carbonyl (C=O) groups is 1. The van der Waals surface area contributed by atoms with Gasteiger partial charge in [0.15, 0.2) is 0 Å². The minimum absolute atomic E-state index is 0.0109. The zero-order valence-electron chi connectivity index (χ0n) is 19.5. The van der Waals surface area contributed by atoms with Crippen LogP contribution in [0.15, 0.2) is 46.9 Å². The van der Waals surface area contributed by atoms with Crippen molar-refractivity contribution in [1.29, 1.82) is 0 Å². The largest absolute Gasteiger partial charge is 0.458 e. The molecule has 184 valence electrons. The van der Waals surface area contributed by atoms with Crippen LogP contribution in [0.4, 0.5) is 5.69 Å². The van der Waals surface area contributed by atoms with Gasteiger partial charge in [0.1, 0.15) is 23.2 Å². The summed E-state index contributed by atoms with van der Waals surface area (Å²) in [5.74, 6) is 0.500. The Hall–Kier alpha value is -3.24. The van der Waals surface area contributed by atoms with Gasteiger partial charge in [-0.05, 0) is 37.3 Å². The standard InChI is InChI=1S/C23H25N4O7P/c1-15(34-35(31,25-7-8-25)26-9-10-26)20-12-17-13-22(19(27(29)30)14-21(17)33-20)32-18-6-4-5-16(11-18)23(28)24(2)3/h4-6,11-15H,7-10H2,1-3H3/t15-/m1/s1. The Morgan fingerprint density at radius 1 is 1.14 bits per heavy atom. The highest BCUT2D eigenvalue weighted by Gasteiger charge is 2.50. The molecule has 0 radical (unpaired) electrons. The van der Waals surface area contributed by atoms with Crippen LogP contribution in [0.2, 0.25) is 0 Å². The zero-order valence-corrected chi connectivity index (χ0v) is 20.4. The van der Waals surface area contributed by atoms with Crippen molar-refractivity contribution < 1.29 is 28.0 Å². The number of carbonyl (C=O) groups excluding carboxylic acids is 1. The first-order valence-electron chi connectivity index (χ1n) is 11.2. The summed E-state index contributed by atoms with van der Waals surface area (Å²) in [6.07, 6.45) is -0.619. The number of amides is 1. The van der Waals surface area contributed by atoms with E-state index in [1.165, 1.54) is 23.1 Å². The summed E-state index contributed by atoms with van der Waals surface area (Å²) in [6, 6.07) is 11.0. The van der Waals surface area contributed by atoms with E-state index in [4.69, 9.17) is 13.7 Å². The molecule has 0 saturated carbocycles. The Bertz CT molecular complexity index is 1350. The molecule has 1 amide bonds. The minimum atomic E-state index is -3.06. The average molecular weight is 500 g/mol. The molecule has 0 unspecified atom stereocenters. The van der Waals surface area contributed by atoms with Gasteiger partial charge in [0.25, 0.3) is 5.91 Å². The quantitative estimate of drug-likeness (QED) is 0.179. The maximum Gasteiger partial charge on any atom is 0.346 e. The van der Waals surface area contributed by atoms with Crippen LogP contribution >= 0.6 is 7.67 Å². The molecule has 2 fully saturated rings. The number of fused-ring (bicyclic) bond motifs is 1. The number of benzene rings is 2. The van der Waals surface area contributed by atoms with Gasteiger partial charge < -0.3 is 14.1 Å². The van der Waals surface area contributed by atoms with E-state index < -0.39 is 18.7 Å². The van der Waals surface area contributed by atoms with Gasteiger partial charge in [0.05, 0.1) is 11.0 Å². The topological polar surface area (TPSA) is 118 Å². The maximum atomic E-state index is 13.3. The van der Waals surface area contributed by atoms with E-state index in [-0.39, 0.29) is 17.3 Å². The van der Waals surface area contributed by atoms with E-state index in [1.807, 2.05) is 9.34 Å². The fourth-order valence-corrected chi connectivity index (χ4v) is 6.07. The molecule has 2 aliphatic heterocycles. The van der Waals surface area contributed by atoms with Gasteiger partial charge in [-0.1, -0.05) is 6.07 Å². The van der Waals surface area contributed by atoms with Crippen LogP contribution in [0, 0.1) is 10.1 Å². The van der Waals surface area contributed by atoms with E-state index in [2.05, 4.69) is 0 Å². The van der Waals surface area contributed by atoms with Gasteiger partial charge in [-0.25, -0.2) is 9.34 Å². The molecule has 0 aliphatic carbocycles. The molecule has 5 rings (SSSR count). The molecule has 0 N–H and O–H groups in total. The SMILES string of the molecule is C[C@@H](OP(=O)(N1CC1)N1CC1)c1cc2cc(Oc3cccc(C(=O)N(C)C)c3)c([N+](=O)[O-])cc2o1. The van der Waals surface area contributed by atoms with E-state index in [9.17, 15) is 19.5 Å². The van der Waals surface area contributed by atoms with Crippen molar-refractivity contribution in [2.75, 3.05) is 40.3 Å². The number of hydrogen-bond donors (Lipinski definition) is 0. The molecule has 2 aliphatic rings. The van der Waals surface area contributed by atoms with Crippen LogP contribution < -0.4 is 4.74 Å². The first kappa shape index (κ1) is 23.5. The van der Waals surface area contributed by atoms with Crippen LogP contribution in [-0.2, 0) is 9.09 Å². The molecule has 3 aromatic rings. The molecule has 0 spiro atoms. The normalized spacial score (nSPS) is 16.8. The molecule has 2 aromatic carbocycles. The second kappa shape index (κ2) is 8.76. The van der Waals surface area contributed by atoms with E-state index in [0.717, 1.165) is 26.2 Å². The third kappa shape index (κ3) is 4.68. The molecule has 2 saturated heterocycles. The molecule has 1 aromatic heterocycles. The van der Waals surface area contributed by atoms with Gasteiger partial charge in [0.2, 0.25) is 5.75 Å². The van der Waals surface area contributed by atoms with E-state index >= 15 is 0 Å². The van der Waals surface area contributed by atoms with E-state index in [1.54, 1.807) is 45.3 Å². The summed E-state index contributed by atoms with van der Waals surface area (Å²) in [7, 11) is 0.212. The number of nitro groups is 1. The summed E-state index contributed by atoms with van der Waals surface area (Å²) in [4.78, 5) is 24.9. The number of rotatable bonds is 9. The second-order valence-electron chi connectivity index (χ2n) is 8.74. The number of furan rings is 1. The summed E-state index contributed by atoms with van der Waals surface area (Å²) >= 11 is 0. The smallest absolute Gasteiger partial charge is 0.346 e. The van der Waals surface area contributed by atoms with Crippen LogP contribution in [0.25, 0.3) is 11.0 Å².